The molecule has 1 rings (SSSR count). The minimum Gasteiger partial charge on any atom is -0.481 e. The van der Waals surface area contributed by atoms with Crippen LogP contribution in [0, 0.1) is 16.0 Å². The van der Waals surface area contributed by atoms with Crippen LogP contribution in [0.2, 0.25) is 0 Å². The van der Waals surface area contributed by atoms with Gasteiger partial charge in [-0.15, -0.1) is 10.1 Å². The summed E-state index contributed by atoms with van der Waals surface area (Å²) in [6, 6.07) is 0. The second-order valence-electron chi connectivity index (χ2n) is 4.48. The number of piperidine rings is 1. The zero-order valence-electron chi connectivity index (χ0n) is 9.29. The molecule has 7 heteroatoms. The maximum absolute atomic E-state index is 10.9. The lowest BCUT2D eigenvalue weighted by molar-refractivity contribution is -0.922. The van der Waals surface area contributed by atoms with E-state index in [4.69, 9.17) is 5.11 Å². The van der Waals surface area contributed by atoms with Crippen molar-refractivity contribution in [3.05, 3.63) is 10.1 Å². The molecule has 0 saturated carbocycles. The van der Waals surface area contributed by atoms with E-state index in [9.17, 15) is 14.9 Å². The van der Waals surface area contributed by atoms with Gasteiger partial charge < -0.3 is 14.4 Å². The first-order valence-corrected chi connectivity index (χ1v) is 5.27. The second-order valence-corrected chi connectivity index (χ2v) is 4.48. The monoisotopic (exact) mass is 233 g/mol. The molecule has 0 aromatic heterocycles. The molecule has 16 heavy (non-hydrogen) atoms. The van der Waals surface area contributed by atoms with Crippen LogP contribution in [0.25, 0.3) is 0 Å². The summed E-state index contributed by atoms with van der Waals surface area (Å²) in [6.45, 7) is 1.88. The number of quaternary nitrogens is 1. The fourth-order valence-electron chi connectivity index (χ4n) is 2.17. The van der Waals surface area contributed by atoms with Crippen molar-refractivity contribution in [2.75, 3.05) is 33.3 Å². The molecule has 92 valence electrons. The van der Waals surface area contributed by atoms with Crippen LogP contribution in [0.1, 0.15) is 12.8 Å². The van der Waals surface area contributed by atoms with Gasteiger partial charge in [-0.2, -0.15) is 0 Å². The summed E-state index contributed by atoms with van der Waals surface area (Å²) in [7, 11) is 1.92. The molecule has 0 aromatic carbocycles. The number of carboxylic acids is 1. The van der Waals surface area contributed by atoms with E-state index in [0.29, 0.717) is 24.0 Å². The number of carbonyl (C=O) groups is 1. The summed E-state index contributed by atoms with van der Waals surface area (Å²) in [6.07, 6.45) is 1.53. The first kappa shape index (κ1) is 12.7. The molecule has 0 bridgehead atoms. The Balaban J connectivity index is 2.43. The van der Waals surface area contributed by atoms with E-state index in [1.165, 1.54) is 0 Å². The van der Waals surface area contributed by atoms with Gasteiger partial charge in [0.15, 0.2) is 0 Å². The third-order valence-corrected chi connectivity index (χ3v) is 3.09. The molecule has 0 aliphatic carbocycles. The molecule has 1 fully saturated rings. The number of nitrogens with zero attached hydrogens (tertiary/aromatic N) is 2. The lowest BCUT2D eigenvalue weighted by Gasteiger charge is -2.39. The molecule has 1 saturated heterocycles. The predicted octanol–water partition coefficient (Wildman–Crippen LogP) is 0.136. The zero-order valence-corrected chi connectivity index (χ0v) is 9.29. The molecule has 1 aliphatic rings. The molecule has 0 radical (unpaired) electrons. The third kappa shape index (κ3) is 3.65. The van der Waals surface area contributed by atoms with Crippen LogP contribution in [0.15, 0.2) is 0 Å². The highest BCUT2D eigenvalue weighted by Crippen LogP contribution is 2.21. The van der Waals surface area contributed by atoms with E-state index in [-0.39, 0.29) is 12.5 Å². The van der Waals surface area contributed by atoms with Gasteiger partial charge in [-0.3, -0.25) is 4.79 Å². The van der Waals surface area contributed by atoms with Gasteiger partial charge in [-0.25, -0.2) is 0 Å². The maximum Gasteiger partial charge on any atom is 0.312 e. The molecule has 0 spiro atoms. The van der Waals surface area contributed by atoms with E-state index >= 15 is 0 Å². The molecule has 0 amide bonds. The van der Waals surface area contributed by atoms with Gasteiger partial charge in [-0.1, -0.05) is 0 Å². The van der Waals surface area contributed by atoms with Crippen molar-refractivity contribution in [3.63, 3.8) is 0 Å². The summed E-state index contributed by atoms with van der Waals surface area (Å²) in [5, 5.41) is 18.1. The average molecular weight is 233 g/mol. The van der Waals surface area contributed by atoms with Gasteiger partial charge in [0.1, 0.15) is 19.1 Å². The van der Waals surface area contributed by atoms with E-state index in [2.05, 4.69) is 4.84 Å². The molecule has 7 nitrogen and oxygen atoms in total. The standard InChI is InChI=1S/C9H16N2O5/c1-11(5-6-16-10(14)15)4-2-3-8(7-11)9(12)13/h8H,2-7H2,1H3/p+1. The Bertz CT molecular complexity index is 283. The second kappa shape index (κ2) is 5.11. The maximum atomic E-state index is 10.9. The number of likely N-dealkylation sites (tertiary alicyclic amines) is 1. The number of likely N-dealkylation sites (N-methyl/N-ethyl adjacent to an activating group) is 1. The Hall–Kier alpha value is -1.37. The van der Waals surface area contributed by atoms with Gasteiger partial charge in [-0.05, 0) is 12.8 Å². The summed E-state index contributed by atoms with van der Waals surface area (Å²) >= 11 is 0. The van der Waals surface area contributed by atoms with Crippen LogP contribution in [0.5, 0.6) is 0 Å². The minimum absolute atomic E-state index is 0.0236. The van der Waals surface area contributed by atoms with Crippen LogP contribution >= 0.6 is 0 Å². The van der Waals surface area contributed by atoms with Crippen molar-refractivity contribution in [1.29, 1.82) is 0 Å². The highest BCUT2D eigenvalue weighted by molar-refractivity contribution is 5.70. The third-order valence-electron chi connectivity index (χ3n) is 3.09. The summed E-state index contributed by atoms with van der Waals surface area (Å²) in [5.74, 6) is -1.12. The highest BCUT2D eigenvalue weighted by atomic mass is 16.9. The lowest BCUT2D eigenvalue weighted by atomic mass is 9.96. The Morgan fingerprint density at radius 3 is 2.94 bits per heavy atom. The number of hydrogen-bond acceptors (Lipinski definition) is 4. The highest BCUT2D eigenvalue weighted by Gasteiger charge is 2.34. The van der Waals surface area contributed by atoms with Gasteiger partial charge in [0.2, 0.25) is 0 Å². The van der Waals surface area contributed by atoms with Crippen LogP contribution < -0.4 is 0 Å². The van der Waals surface area contributed by atoms with E-state index in [1.807, 2.05) is 7.05 Å². The van der Waals surface area contributed by atoms with Crippen LogP contribution in [-0.4, -0.2) is 53.9 Å². The first-order chi connectivity index (χ1) is 7.43. The van der Waals surface area contributed by atoms with Crippen molar-refractivity contribution < 1.29 is 24.3 Å². The number of rotatable bonds is 5. The molecular formula is C9H17N2O5+. The van der Waals surface area contributed by atoms with Crippen molar-refractivity contribution in [2.24, 2.45) is 5.92 Å². The number of hydrogen-bond donors (Lipinski definition) is 1. The van der Waals surface area contributed by atoms with Crippen molar-refractivity contribution in [1.82, 2.24) is 0 Å². The largest absolute Gasteiger partial charge is 0.481 e. The fourth-order valence-corrected chi connectivity index (χ4v) is 2.17. The zero-order chi connectivity index (χ0) is 12.2. The van der Waals surface area contributed by atoms with Gasteiger partial charge in [0.25, 0.3) is 5.09 Å². The van der Waals surface area contributed by atoms with Gasteiger partial charge in [0, 0.05) is 0 Å². The van der Waals surface area contributed by atoms with E-state index < -0.39 is 11.1 Å². The van der Waals surface area contributed by atoms with Crippen LogP contribution in [-0.2, 0) is 9.63 Å². The molecule has 1 N–H and O–H groups in total. The first-order valence-electron chi connectivity index (χ1n) is 5.27. The SMILES string of the molecule is C[N+]1(CCO[N+](=O)[O-])CCCC(C(=O)O)C1. The smallest absolute Gasteiger partial charge is 0.312 e. The summed E-state index contributed by atoms with van der Waals surface area (Å²) < 4.78 is 0.533. The molecule has 2 atom stereocenters. The van der Waals surface area contributed by atoms with Crippen molar-refractivity contribution in [3.8, 4) is 0 Å². The minimum atomic E-state index is -0.815. The Morgan fingerprint density at radius 1 is 1.69 bits per heavy atom. The van der Waals surface area contributed by atoms with E-state index in [0.717, 1.165) is 13.0 Å². The number of carboxylic acid groups (broad SMARTS) is 1. The quantitative estimate of drug-likeness (QED) is 0.414. The Labute approximate surface area is 93.3 Å². The van der Waals surface area contributed by atoms with E-state index in [1.54, 1.807) is 0 Å². The fraction of sp³-hybridized carbons (Fsp3) is 0.889. The molecule has 2 unspecified atom stereocenters. The predicted molar refractivity (Wildman–Crippen MR) is 54.1 cm³/mol. The lowest BCUT2D eigenvalue weighted by Crippen LogP contribution is -2.54. The Kier molecular flexibility index (Phi) is 4.05. The van der Waals surface area contributed by atoms with Crippen LogP contribution in [0.4, 0.5) is 0 Å². The van der Waals surface area contributed by atoms with Gasteiger partial charge >= 0.3 is 5.97 Å². The number of aliphatic carboxylic acids is 1. The van der Waals surface area contributed by atoms with Crippen LogP contribution in [0.3, 0.4) is 0 Å². The average Bonchev–Trinajstić information content (AvgIpc) is 2.16. The Morgan fingerprint density at radius 2 is 2.38 bits per heavy atom. The van der Waals surface area contributed by atoms with Gasteiger partial charge in [0.05, 0.1) is 20.1 Å². The topological polar surface area (TPSA) is 89.7 Å². The van der Waals surface area contributed by atoms with Crippen molar-refractivity contribution in [2.45, 2.75) is 12.8 Å². The molecule has 1 heterocycles. The summed E-state index contributed by atoms with van der Waals surface area (Å²) in [5.41, 5.74) is 0. The normalized spacial score (nSPS) is 29.7. The molecular weight excluding hydrogens is 216 g/mol. The summed E-state index contributed by atoms with van der Waals surface area (Å²) in [4.78, 5) is 25.1. The van der Waals surface area contributed by atoms with Crippen molar-refractivity contribution >= 4 is 5.97 Å². The molecule has 1 aliphatic heterocycles. The molecule has 0 aromatic rings.